The minimum atomic E-state index is -0.204. The van der Waals surface area contributed by atoms with Gasteiger partial charge in [0, 0.05) is 17.5 Å². The number of aromatic nitrogens is 2. The maximum Gasteiger partial charge on any atom is 0.271 e. The lowest BCUT2D eigenvalue weighted by Crippen LogP contribution is -2.51. The van der Waals surface area contributed by atoms with Gasteiger partial charge in [-0.05, 0) is 19.1 Å². The zero-order chi connectivity index (χ0) is 15.4. The molecule has 0 aliphatic carbocycles. The van der Waals surface area contributed by atoms with Crippen LogP contribution in [0.25, 0.3) is 0 Å². The van der Waals surface area contributed by atoms with E-state index in [1.807, 2.05) is 19.1 Å². The second-order valence-electron chi connectivity index (χ2n) is 5.11. The van der Waals surface area contributed by atoms with E-state index in [0.29, 0.717) is 24.7 Å². The Bertz CT molecular complexity index is 615. The van der Waals surface area contributed by atoms with E-state index in [1.165, 1.54) is 11.3 Å². The molecule has 116 valence electrons. The Morgan fingerprint density at radius 3 is 3.09 bits per heavy atom. The highest BCUT2D eigenvalue weighted by molar-refractivity contribution is 7.07. The molecule has 3 heterocycles. The summed E-state index contributed by atoms with van der Waals surface area (Å²) in [4.78, 5) is 20.4. The molecule has 0 unspecified atom stereocenters. The molecule has 1 aliphatic rings. The first kappa shape index (κ1) is 14.9. The molecular weight excluding hydrogens is 302 g/mol. The first-order chi connectivity index (χ1) is 10.7. The number of hydrogen-bond acceptors (Lipinski definition) is 6. The highest BCUT2D eigenvalue weighted by atomic mass is 32.1. The van der Waals surface area contributed by atoms with Crippen molar-refractivity contribution in [3.63, 3.8) is 0 Å². The van der Waals surface area contributed by atoms with E-state index in [9.17, 15) is 4.79 Å². The topological polar surface area (TPSA) is 73.3 Å². The van der Waals surface area contributed by atoms with Crippen LogP contribution in [0.4, 0.5) is 0 Å². The summed E-state index contributed by atoms with van der Waals surface area (Å²) in [7, 11) is 0. The average Bonchev–Trinajstić information content (AvgIpc) is 3.06. The van der Waals surface area contributed by atoms with Crippen LogP contribution in [-0.2, 0) is 4.74 Å². The van der Waals surface area contributed by atoms with Crippen LogP contribution in [0.3, 0.4) is 0 Å². The first-order valence-corrected chi connectivity index (χ1v) is 8.03. The van der Waals surface area contributed by atoms with Gasteiger partial charge in [0.2, 0.25) is 0 Å². The molecule has 1 amide bonds. The van der Waals surface area contributed by atoms with Crippen LogP contribution in [-0.4, -0.2) is 41.2 Å². The standard InChI is InChI=1S/C15H17N3O3S/c1-10-2-3-11(6-16-10)21-14-4-5-20-7-12(14)18-15(19)13-8-22-9-17-13/h2-3,6,8-9,12,14H,4-5,7H2,1H3,(H,18,19)/t12-,14+/m1/s1. The molecule has 2 atom stereocenters. The van der Waals surface area contributed by atoms with Gasteiger partial charge in [-0.2, -0.15) is 0 Å². The molecule has 1 saturated heterocycles. The molecule has 0 aromatic carbocycles. The van der Waals surface area contributed by atoms with E-state index in [0.717, 1.165) is 12.1 Å². The van der Waals surface area contributed by atoms with Gasteiger partial charge in [0.15, 0.2) is 0 Å². The third-order valence-corrected chi connectivity index (χ3v) is 4.03. The summed E-state index contributed by atoms with van der Waals surface area (Å²) >= 11 is 1.39. The molecule has 2 aromatic rings. The third-order valence-electron chi connectivity index (χ3n) is 3.45. The molecule has 1 fully saturated rings. The predicted octanol–water partition coefficient (Wildman–Crippen LogP) is 1.81. The van der Waals surface area contributed by atoms with Gasteiger partial charge in [0.1, 0.15) is 17.5 Å². The second kappa shape index (κ2) is 6.85. The number of aryl methyl sites for hydroxylation is 1. The van der Waals surface area contributed by atoms with E-state index < -0.39 is 0 Å². The Balaban J connectivity index is 1.65. The summed E-state index contributed by atoms with van der Waals surface area (Å²) in [5.74, 6) is 0.498. The molecule has 0 bridgehead atoms. The fourth-order valence-electron chi connectivity index (χ4n) is 2.26. The first-order valence-electron chi connectivity index (χ1n) is 7.08. The molecule has 0 radical (unpaired) electrons. The summed E-state index contributed by atoms with van der Waals surface area (Å²) in [6.45, 7) is 2.97. The highest BCUT2D eigenvalue weighted by Crippen LogP contribution is 2.18. The van der Waals surface area contributed by atoms with Gasteiger partial charge in [0.05, 0.1) is 31.0 Å². The van der Waals surface area contributed by atoms with Crippen LogP contribution in [0.2, 0.25) is 0 Å². The molecule has 0 spiro atoms. The monoisotopic (exact) mass is 319 g/mol. The molecule has 1 aliphatic heterocycles. The molecule has 7 heteroatoms. The number of nitrogens with zero attached hydrogens (tertiary/aromatic N) is 2. The second-order valence-corrected chi connectivity index (χ2v) is 5.83. The van der Waals surface area contributed by atoms with E-state index >= 15 is 0 Å². The van der Waals surface area contributed by atoms with Gasteiger partial charge in [-0.25, -0.2) is 4.98 Å². The molecule has 6 nitrogen and oxygen atoms in total. The lowest BCUT2D eigenvalue weighted by atomic mass is 10.1. The number of hydrogen-bond donors (Lipinski definition) is 1. The number of carbonyl (C=O) groups excluding carboxylic acids is 1. The van der Waals surface area contributed by atoms with Crippen molar-refractivity contribution in [2.24, 2.45) is 0 Å². The highest BCUT2D eigenvalue weighted by Gasteiger charge is 2.29. The van der Waals surface area contributed by atoms with E-state index in [-0.39, 0.29) is 18.1 Å². The normalized spacial score (nSPS) is 21.3. The number of ether oxygens (including phenoxy) is 2. The fourth-order valence-corrected chi connectivity index (χ4v) is 2.79. The Hall–Kier alpha value is -1.99. The van der Waals surface area contributed by atoms with Crippen molar-refractivity contribution in [1.82, 2.24) is 15.3 Å². The van der Waals surface area contributed by atoms with Gasteiger partial charge in [-0.3, -0.25) is 9.78 Å². The smallest absolute Gasteiger partial charge is 0.271 e. The Morgan fingerprint density at radius 1 is 1.45 bits per heavy atom. The van der Waals surface area contributed by atoms with Crippen molar-refractivity contribution in [1.29, 1.82) is 0 Å². The lowest BCUT2D eigenvalue weighted by molar-refractivity contribution is -0.00306. The fraction of sp³-hybridized carbons (Fsp3) is 0.400. The molecule has 2 aromatic heterocycles. The number of rotatable bonds is 4. The summed E-state index contributed by atoms with van der Waals surface area (Å²) in [5.41, 5.74) is 3.00. The predicted molar refractivity (Wildman–Crippen MR) is 82.2 cm³/mol. The third kappa shape index (κ3) is 3.61. The summed E-state index contributed by atoms with van der Waals surface area (Å²) in [5, 5.41) is 4.66. The van der Waals surface area contributed by atoms with Crippen molar-refractivity contribution in [3.8, 4) is 5.75 Å². The van der Waals surface area contributed by atoms with Crippen LogP contribution < -0.4 is 10.1 Å². The Kier molecular flexibility index (Phi) is 4.65. The van der Waals surface area contributed by atoms with Crippen LogP contribution in [0.5, 0.6) is 5.75 Å². The van der Waals surface area contributed by atoms with Crippen molar-refractivity contribution in [2.75, 3.05) is 13.2 Å². The van der Waals surface area contributed by atoms with E-state index in [1.54, 1.807) is 17.1 Å². The number of carbonyl (C=O) groups is 1. The molecule has 3 rings (SSSR count). The van der Waals surface area contributed by atoms with Crippen LogP contribution >= 0.6 is 11.3 Å². The van der Waals surface area contributed by atoms with Gasteiger partial charge >= 0.3 is 0 Å². The maximum atomic E-state index is 12.1. The summed E-state index contributed by atoms with van der Waals surface area (Å²) in [6.07, 6.45) is 2.28. The zero-order valence-electron chi connectivity index (χ0n) is 12.2. The van der Waals surface area contributed by atoms with Crippen molar-refractivity contribution in [2.45, 2.75) is 25.5 Å². The van der Waals surface area contributed by atoms with E-state index in [2.05, 4.69) is 15.3 Å². The number of nitrogens with one attached hydrogen (secondary N) is 1. The van der Waals surface area contributed by atoms with Gasteiger partial charge in [0.25, 0.3) is 5.91 Å². The maximum absolute atomic E-state index is 12.1. The van der Waals surface area contributed by atoms with Gasteiger partial charge in [-0.15, -0.1) is 11.3 Å². The van der Waals surface area contributed by atoms with Gasteiger partial charge < -0.3 is 14.8 Å². The largest absolute Gasteiger partial charge is 0.486 e. The van der Waals surface area contributed by atoms with Gasteiger partial charge in [-0.1, -0.05) is 0 Å². The molecular formula is C15H17N3O3S. The zero-order valence-corrected chi connectivity index (χ0v) is 13.0. The number of pyridine rings is 1. The van der Waals surface area contributed by atoms with Crippen LogP contribution in [0, 0.1) is 6.92 Å². The van der Waals surface area contributed by atoms with Crippen molar-refractivity contribution < 1.29 is 14.3 Å². The lowest BCUT2D eigenvalue weighted by Gasteiger charge is -2.32. The summed E-state index contributed by atoms with van der Waals surface area (Å²) < 4.78 is 11.4. The SMILES string of the molecule is Cc1ccc(O[C@H]2CCOC[C@H]2NC(=O)c2cscn2)cn1. The Labute approximate surface area is 132 Å². The minimum Gasteiger partial charge on any atom is -0.486 e. The summed E-state index contributed by atoms with van der Waals surface area (Å²) in [6, 6.07) is 3.58. The van der Waals surface area contributed by atoms with Crippen molar-refractivity contribution in [3.05, 3.63) is 40.6 Å². The molecule has 0 saturated carbocycles. The van der Waals surface area contributed by atoms with Crippen LogP contribution in [0.15, 0.2) is 29.2 Å². The molecule has 22 heavy (non-hydrogen) atoms. The minimum absolute atomic E-state index is 0.138. The van der Waals surface area contributed by atoms with Crippen LogP contribution in [0.1, 0.15) is 22.6 Å². The average molecular weight is 319 g/mol. The van der Waals surface area contributed by atoms with E-state index in [4.69, 9.17) is 9.47 Å². The molecule has 1 N–H and O–H groups in total. The van der Waals surface area contributed by atoms with Crippen molar-refractivity contribution >= 4 is 17.2 Å². The number of thiazole rings is 1. The Morgan fingerprint density at radius 2 is 2.36 bits per heavy atom. The number of amides is 1. The quantitative estimate of drug-likeness (QED) is 0.930.